The van der Waals surface area contributed by atoms with E-state index in [9.17, 15) is 13.2 Å². The number of carboxylic acid groups (broad SMARTS) is 1. The second kappa shape index (κ2) is 5.68. The van der Waals surface area contributed by atoms with Gasteiger partial charge in [0.25, 0.3) is 10.0 Å². The normalized spacial score (nSPS) is 11.4. The van der Waals surface area contributed by atoms with Gasteiger partial charge in [0.15, 0.2) is 0 Å². The number of aryl methyl sites for hydroxylation is 2. The van der Waals surface area contributed by atoms with Gasteiger partial charge >= 0.3 is 5.97 Å². The average molecular weight is 421 g/mol. The van der Waals surface area contributed by atoms with Crippen molar-refractivity contribution >= 4 is 44.3 Å². The van der Waals surface area contributed by atoms with Crippen molar-refractivity contribution in [3.63, 3.8) is 0 Å². The summed E-state index contributed by atoms with van der Waals surface area (Å²) in [6.45, 7) is 3.32. The fourth-order valence-electron chi connectivity index (χ4n) is 1.70. The molecule has 0 atom stereocenters. The molecule has 2 aromatic rings. The number of carboxylic acids is 1. The quantitative estimate of drug-likeness (QED) is 0.740. The van der Waals surface area contributed by atoms with Crippen molar-refractivity contribution in [2.45, 2.75) is 18.7 Å². The van der Waals surface area contributed by atoms with Crippen molar-refractivity contribution in [1.29, 1.82) is 0 Å². The molecule has 1 heterocycles. The highest BCUT2D eigenvalue weighted by molar-refractivity contribution is 14.1. The summed E-state index contributed by atoms with van der Waals surface area (Å²) in [6.07, 6.45) is 0. The zero-order valence-electron chi connectivity index (χ0n) is 11.2. The highest BCUT2D eigenvalue weighted by Gasteiger charge is 2.24. The minimum atomic E-state index is -3.90. The summed E-state index contributed by atoms with van der Waals surface area (Å²) in [7, 11) is -3.90. The molecule has 0 aliphatic carbocycles. The molecule has 8 heteroatoms. The molecule has 0 aliphatic heterocycles. The van der Waals surface area contributed by atoms with Crippen LogP contribution in [-0.2, 0) is 10.0 Å². The second-order valence-corrected chi connectivity index (χ2v) is 7.22. The predicted molar refractivity (Wildman–Crippen MR) is 85.1 cm³/mol. The molecule has 0 aliphatic rings. The summed E-state index contributed by atoms with van der Waals surface area (Å²) in [5, 5.41) is 8.84. The number of rotatable bonds is 4. The number of halogens is 1. The van der Waals surface area contributed by atoms with Crippen LogP contribution in [0, 0.1) is 17.4 Å². The zero-order valence-corrected chi connectivity index (χ0v) is 14.1. The number of nitrogens with one attached hydrogen (secondary N) is 1. The summed E-state index contributed by atoms with van der Waals surface area (Å²) in [5.74, 6) is -1.70. The molecule has 1 aromatic heterocycles. The van der Waals surface area contributed by atoms with Crippen LogP contribution in [-0.4, -0.2) is 19.5 Å². The van der Waals surface area contributed by atoms with Crippen molar-refractivity contribution in [2.75, 3.05) is 4.72 Å². The Balaban J connectivity index is 2.38. The van der Waals surface area contributed by atoms with Crippen LogP contribution in [0.2, 0.25) is 0 Å². The third-order valence-corrected chi connectivity index (χ3v) is 5.45. The highest BCUT2D eigenvalue weighted by atomic mass is 127. The van der Waals surface area contributed by atoms with E-state index < -0.39 is 21.8 Å². The molecule has 0 amide bonds. The van der Waals surface area contributed by atoms with Gasteiger partial charge in [-0.05, 0) is 54.1 Å². The maximum Gasteiger partial charge on any atom is 0.371 e. The predicted octanol–water partition coefficient (Wildman–Crippen LogP) is 3.00. The maximum atomic E-state index is 12.3. The van der Waals surface area contributed by atoms with Crippen LogP contribution in [0.3, 0.4) is 0 Å². The Morgan fingerprint density at radius 2 is 1.95 bits per heavy atom. The van der Waals surface area contributed by atoms with Gasteiger partial charge in [0.2, 0.25) is 5.76 Å². The van der Waals surface area contributed by atoms with Crippen LogP contribution in [0.1, 0.15) is 21.9 Å². The lowest BCUT2D eigenvalue weighted by atomic mass is 10.2. The number of hydrogen-bond acceptors (Lipinski definition) is 4. The number of benzene rings is 1. The van der Waals surface area contributed by atoms with E-state index in [1.54, 1.807) is 18.2 Å². The van der Waals surface area contributed by atoms with Crippen molar-refractivity contribution in [1.82, 2.24) is 0 Å². The molecular formula is C13H12INO5S. The molecule has 0 fully saturated rings. The van der Waals surface area contributed by atoms with E-state index >= 15 is 0 Å². The molecule has 0 saturated carbocycles. The Kier molecular flexibility index (Phi) is 4.28. The molecule has 112 valence electrons. The Labute approximate surface area is 135 Å². The first-order valence-corrected chi connectivity index (χ1v) is 8.39. The van der Waals surface area contributed by atoms with Gasteiger partial charge in [-0.25, -0.2) is 13.2 Å². The lowest BCUT2D eigenvalue weighted by molar-refractivity contribution is 0.0661. The molecule has 0 unspecified atom stereocenters. The van der Waals surface area contributed by atoms with E-state index in [1.807, 2.05) is 6.92 Å². The molecule has 21 heavy (non-hydrogen) atoms. The molecule has 0 bridgehead atoms. The molecule has 0 saturated heterocycles. The number of furan rings is 1. The Hall–Kier alpha value is -1.55. The Bertz CT molecular complexity index is 810. The van der Waals surface area contributed by atoms with Crippen molar-refractivity contribution in [2.24, 2.45) is 0 Å². The largest absolute Gasteiger partial charge is 0.475 e. The average Bonchev–Trinajstić information content (AvgIpc) is 2.77. The number of aromatic carboxylic acids is 1. The van der Waals surface area contributed by atoms with Gasteiger partial charge < -0.3 is 9.52 Å². The SMILES string of the molecule is Cc1ccc(NS(=O)(=O)c2cc(C(=O)O)oc2C)cc1I. The van der Waals surface area contributed by atoms with Crippen LogP contribution in [0.15, 0.2) is 33.6 Å². The van der Waals surface area contributed by atoms with Gasteiger partial charge in [0, 0.05) is 15.3 Å². The zero-order chi connectivity index (χ0) is 15.8. The third kappa shape index (κ3) is 3.38. The molecule has 0 radical (unpaired) electrons. The second-order valence-electron chi connectivity index (χ2n) is 4.41. The number of carbonyl (C=O) groups is 1. The Morgan fingerprint density at radius 1 is 1.29 bits per heavy atom. The lowest BCUT2D eigenvalue weighted by Gasteiger charge is -2.08. The standard InChI is InChI=1S/C13H12INO5S/c1-7-3-4-9(5-10(7)14)15-21(18,19)12-6-11(13(16)17)20-8(12)2/h3-6,15H,1-2H3,(H,16,17). The fraction of sp³-hybridized carbons (Fsp3) is 0.154. The summed E-state index contributed by atoms with van der Waals surface area (Å²) in [4.78, 5) is 10.6. The van der Waals surface area contributed by atoms with Crippen molar-refractivity contribution < 1.29 is 22.7 Å². The van der Waals surface area contributed by atoms with Gasteiger partial charge in [-0.15, -0.1) is 0 Å². The topological polar surface area (TPSA) is 96.6 Å². The maximum absolute atomic E-state index is 12.3. The van der Waals surface area contributed by atoms with Gasteiger partial charge in [-0.1, -0.05) is 6.07 Å². The van der Waals surface area contributed by atoms with Crippen molar-refractivity contribution in [3.8, 4) is 0 Å². The molecule has 0 spiro atoms. The van der Waals surface area contributed by atoms with Gasteiger partial charge in [0.05, 0.1) is 0 Å². The van der Waals surface area contributed by atoms with E-state index in [-0.39, 0.29) is 10.7 Å². The third-order valence-electron chi connectivity index (χ3n) is 2.80. The van der Waals surface area contributed by atoms with Crippen LogP contribution >= 0.6 is 22.6 Å². The molecule has 2 rings (SSSR count). The van der Waals surface area contributed by atoms with E-state index in [0.717, 1.165) is 15.2 Å². The van der Waals surface area contributed by atoms with Crippen molar-refractivity contribution in [3.05, 3.63) is 44.9 Å². The van der Waals surface area contributed by atoms with E-state index in [4.69, 9.17) is 9.52 Å². The van der Waals surface area contributed by atoms with Crippen LogP contribution in [0.4, 0.5) is 5.69 Å². The molecule has 1 aromatic carbocycles. The van der Waals surface area contributed by atoms with E-state index in [2.05, 4.69) is 27.3 Å². The smallest absolute Gasteiger partial charge is 0.371 e. The van der Waals surface area contributed by atoms with Crippen LogP contribution in [0.25, 0.3) is 0 Å². The summed E-state index contributed by atoms with van der Waals surface area (Å²) in [5.41, 5.74) is 1.44. The summed E-state index contributed by atoms with van der Waals surface area (Å²) >= 11 is 2.10. The first kappa shape index (κ1) is 15.8. The van der Waals surface area contributed by atoms with Gasteiger partial charge in [-0.3, -0.25) is 4.72 Å². The first-order chi connectivity index (χ1) is 9.70. The molecule has 2 N–H and O–H groups in total. The van der Waals surface area contributed by atoms with E-state index in [0.29, 0.717) is 5.69 Å². The molecular weight excluding hydrogens is 409 g/mol. The van der Waals surface area contributed by atoms with Crippen LogP contribution < -0.4 is 4.72 Å². The Morgan fingerprint density at radius 3 is 2.48 bits per heavy atom. The van der Waals surface area contributed by atoms with Gasteiger partial charge in [-0.2, -0.15) is 0 Å². The monoisotopic (exact) mass is 421 g/mol. The van der Waals surface area contributed by atoms with Crippen LogP contribution in [0.5, 0.6) is 0 Å². The van der Waals surface area contributed by atoms with E-state index in [1.165, 1.54) is 6.92 Å². The number of hydrogen-bond donors (Lipinski definition) is 2. The minimum Gasteiger partial charge on any atom is -0.475 e. The minimum absolute atomic E-state index is 0.0294. The number of anilines is 1. The fourth-order valence-corrected chi connectivity index (χ4v) is 3.45. The molecule has 6 nitrogen and oxygen atoms in total. The lowest BCUT2D eigenvalue weighted by Crippen LogP contribution is -2.13. The summed E-state index contributed by atoms with van der Waals surface area (Å²) < 4.78 is 32.8. The first-order valence-electron chi connectivity index (χ1n) is 5.83. The van der Waals surface area contributed by atoms with Gasteiger partial charge in [0.1, 0.15) is 10.7 Å². The summed E-state index contributed by atoms with van der Waals surface area (Å²) in [6, 6.07) is 6.13. The highest BCUT2D eigenvalue weighted by Crippen LogP contribution is 2.24. The number of sulfonamides is 1.